The van der Waals surface area contributed by atoms with Crippen molar-refractivity contribution in [1.29, 1.82) is 0 Å². The van der Waals surface area contributed by atoms with Gasteiger partial charge in [-0.15, -0.1) is 24.0 Å². The molecule has 3 rings (SSSR count). The minimum Gasteiger partial charge on any atom is -0.486 e. The van der Waals surface area contributed by atoms with E-state index in [1.54, 1.807) is 25.2 Å². The Bertz CT molecular complexity index is 1000. The molecule has 1 atom stereocenters. The molecule has 31 heavy (non-hydrogen) atoms. The van der Waals surface area contributed by atoms with Gasteiger partial charge in [0.2, 0.25) is 10.0 Å². The standard InChI is InChI=1S/C21H27FN4O3S.HI/c1-16(29-20-10-6-4-8-18(20)22)15-25-21(23-2)24-12-14-30(27,28)26-13-11-17-7-3-5-9-19(17)26;/h3-10,16H,11-15H2,1-2H3,(H2,23,24,25);1H. The lowest BCUT2D eigenvalue weighted by Gasteiger charge is -2.21. The van der Waals surface area contributed by atoms with Gasteiger partial charge >= 0.3 is 0 Å². The predicted molar refractivity (Wildman–Crippen MR) is 133 cm³/mol. The summed E-state index contributed by atoms with van der Waals surface area (Å²) in [6.07, 6.45) is 0.414. The normalized spacial score (nSPS) is 14.4. The second-order valence-electron chi connectivity index (χ2n) is 7.01. The Balaban J connectivity index is 0.00000341. The van der Waals surface area contributed by atoms with E-state index in [9.17, 15) is 12.8 Å². The fourth-order valence-corrected chi connectivity index (χ4v) is 4.69. The van der Waals surface area contributed by atoms with Crippen LogP contribution in [-0.4, -0.2) is 52.9 Å². The molecular weight excluding hydrogens is 534 g/mol. The van der Waals surface area contributed by atoms with Crippen molar-refractivity contribution in [3.8, 4) is 5.75 Å². The van der Waals surface area contributed by atoms with E-state index in [2.05, 4.69) is 15.6 Å². The number of anilines is 1. The Morgan fingerprint density at radius 1 is 1.19 bits per heavy atom. The van der Waals surface area contributed by atoms with Crippen molar-refractivity contribution >= 4 is 45.6 Å². The van der Waals surface area contributed by atoms with Crippen LogP contribution in [0.2, 0.25) is 0 Å². The molecule has 7 nitrogen and oxygen atoms in total. The number of guanidine groups is 1. The van der Waals surface area contributed by atoms with Crippen LogP contribution in [0.25, 0.3) is 0 Å². The summed E-state index contributed by atoms with van der Waals surface area (Å²) in [5.74, 6) is 0.173. The van der Waals surface area contributed by atoms with Gasteiger partial charge in [-0.05, 0) is 37.1 Å². The zero-order valence-corrected chi connectivity index (χ0v) is 20.7. The topological polar surface area (TPSA) is 83.0 Å². The summed E-state index contributed by atoms with van der Waals surface area (Å²) in [7, 11) is -1.83. The molecule has 1 unspecified atom stereocenters. The number of fused-ring (bicyclic) bond motifs is 1. The molecule has 170 valence electrons. The van der Waals surface area contributed by atoms with Gasteiger partial charge in [-0.2, -0.15) is 0 Å². The van der Waals surface area contributed by atoms with Crippen LogP contribution in [0, 0.1) is 5.82 Å². The lowest BCUT2D eigenvalue weighted by atomic mass is 10.2. The Kier molecular flexibility index (Phi) is 9.35. The predicted octanol–water partition coefficient (Wildman–Crippen LogP) is 2.77. The molecule has 1 heterocycles. The minimum atomic E-state index is -3.43. The van der Waals surface area contributed by atoms with Crippen molar-refractivity contribution in [3.05, 3.63) is 59.9 Å². The summed E-state index contributed by atoms with van der Waals surface area (Å²) in [5, 5.41) is 6.07. The molecule has 1 aliphatic rings. The molecule has 0 spiro atoms. The third-order valence-electron chi connectivity index (χ3n) is 4.78. The molecule has 0 fully saturated rings. The zero-order valence-electron chi connectivity index (χ0n) is 17.5. The van der Waals surface area contributed by atoms with Crippen molar-refractivity contribution in [2.45, 2.75) is 19.4 Å². The van der Waals surface area contributed by atoms with Crippen molar-refractivity contribution in [3.63, 3.8) is 0 Å². The summed E-state index contributed by atoms with van der Waals surface area (Å²) in [6.45, 7) is 2.87. The van der Waals surface area contributed by atoms with Gasteiger partial charge in [0, 0.05) is 20.1 Å². The first-order chi connectivity index (χ1) is 14.4. The van der Waals surface area contributed by atoms with Gasteiger partial charge in [0.1, 0.15) is 6.10 Å². The highest BCUT2D eigenvalue weighted by Gasteiger charge is 2.28. The van der Waals surface area contributed by atoms with E-state index in [-0.39, 0.29) is 48.1 Å². The number of rotatable bonds is 8. The number of hydrogen-bond acceptors (Lipinski definition) is 4. The maximum Gasteiger partial charge on any atom is 0.236 e. The van der Waals surface area contributed by atoms with Crippen LogP contribution in [0.4, 0.5) is 10.1 Å². The Morgan fingerprint density at radius 2 is 1.90 bits per heavy atom. The van der Waals surface area contributed by atoms with E-state index in [4.69, 9.17) is 4.74 Å². The molecule has 0 saturated heterocycles. The lowest BCUT2D eigenvalue weighted by Crippen LogP contribution is -2.44. The maximum absolute atomic E-state index is 13.7. The first kappa shape index (κ1) is 25.2. The highest BCUT2D eigenvalue weighted by Crippen LogP contribution is 2.29. The summed E-state index contributed by atoms with van der Waals surface area (Å²) in [4.78, 5) is 4.09. The Labute approximate surface area is 200 Å². The zero-order chi connectivity index (χ0) is 21.6. The van der Waals surface area contributed by atoms with E-state index in [0.717, 1.165) is 17.7 Å². The molecular formula is C21H28FIN4O3S. The van der Waals surface area contributed by atoms with Gasteiger partial charge in [0.25, 0.3) is 0 Å². The van der Waals surface area contributed by atoms with Gasteiger partial charge in [-0.3, -0.25) is 9.30 Å². The molecule has 1 aliphatic heterocycles. The highest BCUT2D eigenvalue weighted by molar-refractivity contribution is 14.0. The maximum atomic E-state index is 13.7. The highest BCUT2D eigenvalue weighted by atomic mass is 127. The van der Waals surface area contributed by atoms with Crippen LogP contribution in [0.5, 0.6) is 5.75 Å². The molecule has 0 radical (unpaired) electrons. The van der Waals surface area contributed by atoms with Gasteiger partial charge < -0.3 is 15.4 Å². The third-order valence-corrected chi connectivity index (χ3v) is 6.55. The van der Waals surface area contributed by atoms with Gasteiger partial charge in [0.15, 0.2) is 17.5 Å². The smallest absolute Gasteiger partial charge is 0.236 e. The first-order valence-electron chi connectivity index (χ1n) is 9.85. The molecule has 0 saturated carbocycles. The van der Waals surface area contributed by atoms with Crippen molar-refractivity contribution in [1.82, 2.24) is 10.6 Å². The number of ether oxygens (including phenoxy) is 1. The number of aliphatic imine (C=N–C) groups is 1. The second-order valence-corrected chi connectivity index (χ2v) is 9.02. The third kappa shape index (κ3) is 6.70. The number of hydrogen-bond donors (Lipinski definition) is 2. The quantitative estimate of drug-likeness (QED) is 0.294. The summed E-state index contributed by atoms with van der Waals surface area (Å²) in [6, 6.07) is 13.8. The average Bonchev–Trinajstić information content (AvgIpc) is 3.17. The molecule has 0 bridgehead atoms. The Morgan fingerprint density at radius 3 is 2.65 bits per heavy atom. The van der Waals surface area contributed by atoms with Crippen LogP contribution >= 0.6 is 24.0 Å². The molecule has 0 aliphatic carbocycles. The SMILES string of the molecule is CN=C(NCCS(=O)(=O)N1CCc2ccccc21)NCC(C)Oc1ccccc1F.I. The monoisotopic (exact) mass is 562 g/mol. The minimum absolute atomic E-state index is 0. The fraction of sp³-hybridized carbons (Fsp3) is 0.381. The van der Waals surface area contributed by atoms with E-state index >= 15 is 0 Å². The molecule has 2 N–H and O–H groups in total. The van der Waals surface area contributed by atoms with Crippen molar-refractivity contribution in [2.24, 2.45) is 4.99 Å². The van der Waals surface area contributed by atoms with E-state index in [0.29, 0.717) is 19.0 Å². The van der Waals surface area contributed by atoms with Gasteiger partial charge in [-0.1, -0.05) is 30.3 Å². The fourth-order valence-electron chi connectivity index (χ4n) is 3.27. The first-order valence-corrected chi connectivity index (χ1v) is 11.5. The summed E-state index contributed by atoms with van der Waals surface area (Å²) < 4.78 is 46.2. The van der Waals surface area contributed by atoms with Crippen LogP contribution in [0.15, 0.2) is 53.5 Å². The van der Waals surface area contributed by atoms with E-state index in [1.807, 2.05) is 31.2 Å². The molecule has 0 aromatic heterocycles. The van der Waals surface area contributed by atoms with Crippen LogP contribution in [0.3, 0.4) is 0 Å². The molecule has 2 aromatic carbocycles. The van der Waals surface area contributed by atoms with E-state index < -0.39 is 15.8 Å². The second kappa shape index (κ2) is 11.5. The summed E-state index contributed by atoms with van der Waals surface area (Å²) >= 11 is 0. The van der Waals surface area contributed by atoms with Gasteiger partial charge in [0.05, 0.1) is 18.0 Å². The number of nitrogens with zero attached hydrogens (tertiary/aromatic N) is 2. The van der Waals surface area contributed by atoms with Crippen LogP contribution < -0.4 is 19.7 Å². The van der Waals surface area contributed by atoms with Crippen molar-refractivity contribution < 1.29 is 17.5 Å². The number of benzene rings is 2. The number of sulfonamides is 1. The number of para-hydroxylation sites is 2. The van der Waals surface area contributed by atoms with E-state index in [1.165, 1.54) is 10.4 Å². The molecule has 10 heteroatoms. The largest absolute Gasteiger partial charge is 0.486 e. The number of nitrogens with one attached hydrogen (secondary N) is 2. The van der Waals surface area contributed by atoms with Crippen LogP contribution in [0.1, 0.15) is 12.5 Å². The van der Waals surface area contributed by atoms with Gasteiger partial charge in [-0.25, -0.2) is 12.8 Å². The summed E-state index contributed by atoms with van der Waals surface area (Å²) in [5.41, 5.74) is 1.81. The van der Waals surface area contributed by atoms with Crippen molar-refractivity contribution in [2.75, 3.05) is 36.7 Å². The molecule has 0 amide bonds. The average molecular weight is 562 g/mol. The lowest BCUT2D eigenvalue weighted by molar-refractivity contribution is 0.214. The molecule has 2 aromatic rings. The Hall–Kier alpha value is -2.08. The number of halogens is 2. The van der Waals surface area contributed by atoms with Crippen LogP contribution in [-0.2, 0) is 16.4 Å².